The van der Waals surface area contributed by atoms with Crippen LogP contribution in [0.2, 0.25) is 0 Å². The summed E-state index contributed by atoms with van der Waals surface area (Å²) in [5.41, 5.74) is 5.81. The monoisotopic (exact) mass is 335 g/mol. The number of piperazine rings is 1. The first-order valence-electron chi connectivity index (χ1n) is 7.79. The van der Waals surface area contributed by atoms with Gasteiger partial charge >= 0.3 is 0 Å². The third kappa shape index (κ3) is 5.81. The Morgan fingerprint density at radius 2 is 1.76 bits per heavy atom. The largest absolute Gasteiger partial charge is 0.392 e. The van der Waals surface area contributed by atoms with Crippen LogP contribution in [0.3, 0.4) is 0 Å². The van der Waals surface area contributed by atoms with Crippen LogP contribution in [-0.4, -0.2) is 60.6 Å². The first-order chi connectivity index (χ1) is 9.77. The summed E-state index contributed by atoms with van der Waals surface area (Å²) in [7, 11) is -3.12. The van der Waals surface area contributed by atoms with E-state index in [2.05, 4.69) is 11.8 Å². The summed E-state index contributed by atoms with van der Waals surface area (Å²) in [5, 5.41) is 0. The van der Waals surface area contributed by atoms with E-state index < -0.39 is 10.0 Å². The van der Waals surface area contributed by atoms with Gasteiger partial charge in [0.2, 0.25) is 10.0 Å². The number of nitrogens with zero attached hydrogens (tertiary/aromatic N) is 2. The van der Waals surface area contributed by atoms with Gasteiger partial charge in [0.15, 0.2) is 0 Å². The van der Waals surface area contributed by atoms with Gasteiger partial charge in [0.1, 0.15) is 0 Å². The van der Waals surface area contributed by atoms with Gasteiger partial charge in [-0.05, 0) is 18.8 Å². The lowest BCUT2D eigenvalue weighted by atomic mass is 10.1. The summed E-state index contributed by atoms with van der Waals surface area (Å²) in [5.74, 6) is 0.655. The Morgan fingerprint density at radius 1 is 1.19 bits per heavy atom. The van der Waals surface area contributed by atoms with Crippen molar-refractivity contribution in [1.82, 2.24) is 9.21 Å². The van der Waals surface area contributed by atoms with E-state index in [0.29, 0.717) is 43.5 Å². The predicted octanol–water partition coefficient (Wildman–Crippen LogP) is 1.43. The number of thiocarbonyl (C=S) groups is 1. The van der Waals surface area contributed by atoms with Gasteiger partial charge in [-0.1, -0.05) is 39.4 Å². The van der Waals surface area contributed by atoms with Crippen molar-refractivity contribution in [2.75, 3.05) is 31.9 Å². The summed E-state index contributed by atoms with van der Waals surface area (Å²) < 4.78 is 26.2. The van der Waals surface area contributed by atoms with E-state index in [1.165, 1.54) is 0 Å². The van der Waals surface area contributed by atoms with Crippen LogP contribution in [0, 0.1) is 5.92 Å². The summed E-state index contributed by atoms with van der Waals surface area (Å²) in [6, 6.07) is 0.102. The smallest absolute Gasteiger partial charge is 0.214 e. The standard InChI is InChI=1S/C14H29N3O2S2/c1-4-5-13(14(15)20)16-7-9-17(10-8-16)21(18,19)11-6-12(2)3/h12-13H,4-11H2,1-3H3,(H2,15,20). The highest BCUT2D eigenvalue weighted by molar-refractivity contribution is 7.89. The molecule has 0 spiro atoms. The van der Waals surface area contributed by atoms with Gasteiger partial charge in [-0.15, -0.1) is 0 Å². The molecule has 124 valence electrons. The number of rotatable bonds is 8. The highest BCUT2D eigenvalue weighted by Crippen LogP contribution is 2.15. The van der Waals surface area contributed by atoms with Gasteiger partial charge in [0.25, 0.3) is 0 Å². The molecule has 1 aliphatic rings. The summed E-state index contributed by atoms with van der Waals surface area (Å²) in [4.78, 5) is 2.74. The van der Waals surface area contributed by atoms with Crippen molar-refractivity contribution in [3.8, 4) is 0 Å². The average molecular weight is 336 g/mol. The second-order valence-corrected chi connectivity index (χ2v) is 8.70. The molecule has 0 saturated carbocycles. The molecular weight excluding hydrogens is 306 g/mol. The topological polar surface area (TPSA) is 66.6 Å². The third-order valence-corrected chi connectivity index (χ3v) is 6.13. The second kappa shape index (κ2) is 8.41. The fourth-order valence-corrected chi connectivity index (χ4v) is 4.60. The minimum Gasteiger partial charge on any atom is -0.392 e. The second-order valence-electron chi connectivity index (χ2n) is 6.14. The Hall–Kier alpha value is -0.240. The van der Waals surface area contributed by atoms with Crippen LogP contribution in [0.15, 0.2) is 0 Å². The van der Waals surface area contributed by atoms with Crippen molar-refractivity contribution < 1.29 is 8.42 Å². The van der Waals surface area contributed by atoms with Crippen molar-refractivity contribution in [3.05, 3.63) is 0 Å². The van der Waals surface area contributed by atoms with E-state index in [0.717, 1.165) is 12.8 Å². The van der Waals surface area contributed by atoms with Crippen LogP contribution >= 0.6 is 12.2 Å². The van der Waals surface area contributed by atoms with Crippen molar-refractivity contribution in [3.63, 3.8) is 0 Å². The van der Waals surface area contributed by atoms with E-state index in [4.69, 9.17) is 18.0 Å². The highest BCUT2D eigenvalue weighted by Gasteiger charge is 2.30. The minimum absolute atomic E-state index is 0.102. The van der Waals surface area contributed by atoms with Crippen LogP contribution < -0.4 is 5.73 Å². The SMILES string of the molecule is CCCC(C(N)=S)N1CCN(S(=O)(=O)CCC(C)C)CC1. The third-order valence-electron chi connectivity index (χ3n) is 3.95. The summed E-state index contributed by atoms with van der Waals surface area (Å²) >= 11 is 5.14. The average Bonchev–Trinajstić information content (AvgIpc) is 2.42. The molecule has 2 N–H and O–H groups in total. The molecule has 1 unspecified atom stereocenters. The molecule has 0 aromatic rings. The van der Waals surface area contributed by atoms with Gasteiger partial charge in [0.05, 0.1) is 16.8 Å². The van der Waals surface area contributed by atoms with Crippen LogP contribution in [0.1, 0.15) is 40.0 Å². The van der Waals surface area contributed by atoms with Crippen molar-refractivity contribution >= 4 is 27.2 Å². The predicted molar refractivity (Wildman–Crippen MR) is 91.9 cm³/mol. The van der Waals surface area contributed by atoms with Gasteiger partial charge in [-0.2, -0.15) is 4.31 Å². The van der Waals surface area contributed by atoms with Crippen molar-refractivity contribution in [1.29, 1.82) is 0 Å². The molecule has 0 aliphatic carbocycles. The lowest BCUT2D eigenvalue weighted by molar-refractivity contribution is 0.162. The molecule has 7 heteroatoms. The van der Waals surface area contributed by atoms with E-state index in [-0.39, 0.29) is 11.8 Å². The molecule has 1 rings (SSSR count). The zero-order valence-corrected chi connectivity index (χ0v) is 15.0. The normalized spacial score (nSPS) is 19.8. The molecule has 1 aliphatic heterocycles. The fourth-order valence-electron chi connectivity index (χ4n) is 2.59. The first kappa shape index (κ1) is 18.8. The molecule has 1 saturated heterocycles. The number of hydrogen-bond acceptors (Lipinski definition) is 4. The van der Waals surface area contributed by atoms with Crippen LogP contribution in [-0.2, 0) is 10.0 Å². The van der Waals surface area contributed by atoms with E-state index in [9.17, 15) is 8.42 Å². The summed E-state index contributed by atoms with van der Waals surface area (Å²) in [6.07, 6.45) is 2.68. The maximum absolute atomic E-state index is 12.3. The van der Waals surface area contributed by atoms with Gasteiger partial charge in [-0.25, -0.2) is 8.42 Å². The number of sulfonamides is 1. The van der Waals surface area contributed by atoms with Crippen LogP contribution in [0.25, 0.3) is 0 Å². The van der Waals surface area contributed by atoms with Crippen molar-refractivity contribution in [2.24, 2.45) is 11.7 Å². The van der Waals surface area contributed by atoms with Gasteiger partial charge in [0, 0.05) is 26.2 Å². The molecule has 0 bridgehead atoms. The molecule has 0 aromatic heterocycles. The Bertz CT molecular complexity index is 430. The maximum Gasteiger partial charge on any atom is 0.214 e. The molecule has 0 aromatic carbocycles. The Morgan fingerprint density at radius 3 is 2.19 bits per heavy atom. The molecule has 1 fully saturated rings. The molecule has 1 atom stereocenters. The van der Waals surface area contributed by atoms with E-state index >= 15 is 0 Å². The number of nitrogens with two attached hydrogens (primary N) is 1. The van der Waals surface area contributed by atoms with E-state index in [1.807, 2.05) is 13.8 Å². The zero-order valence-electron chi connectivity index (χ0n) is 13.4. The highest BCUT2D eigenvalue weighted by atomic mass is 32.2. The quantitative estimate of drug-likeness (QED) is 0.680. The molecule has 5 nitrogen and oxygen atoms in total. The molecule has 21 heavy (non-hydrogen) atoms. The lowest BCUT2D eigenvalue weighted by Crippen LogP contribution is -2.55. The zero-order chi connectivity index (χ0) is 16.0. The fraction of sp³-hybridized carbons (Fsp3) is 0.929. The Labute approximate surface area is 134 Å². The number of hydrogen-bond donors (Lipinski definition) is 1. The Balaban J connectivity index is 2.56. The maximum atomic E-state index is 12.3. The van der Waals surface area contributed by atoms with Gasteiger partial charge < -0.3 is 5.73 Å². The molecule has 1 heterocycles. The lowest BCUT2D eigenvalue weighted by Gasteiger charge is -2.38. The Kier molecular flexibility index (Phi) is 7.53. The molecular formula is C14H29N3O2S2. The van der Waals surface area contributed by atoms with Crippen molar-refractivity contribution in [2.45, 2.75) is 46.1 Å². The first-order valence-corrected chi connectivity index (χ1v) is 9.80. The van der Waals surface area contributed by atoms with Gasteiger partial charge in [-0.3, -0.25) is 4.90 Å². The minimum atomic E-state index is -3.12. The van der Waals surface area contributed by atoms with Crippen LogP contribution in [0.5, 0.6) is 0 Å². The summed E-state index contributed by atoms with van der Waals surface area (Å²) in [6.45, 7) is 8.71. The molecule has 0 amide bonds. The van der Waals surface area contributed by atoms with E-state index in [1.54, 1.807) is 4.31 Å². The molecule has 0 radical (unpaired) electrons. The van der Waals surface area contributed by atoms with Crippen LogP contribution in [0.4, 0.5) is 0 Å².